The van der Waals surface area contributed by atoms with Gasteiger partial charge in [0.25, 0.3) is 5.69 Å². The highest BCUT2D eigenvalue weighted by molar-refractivity contribution is 6.63. The van der Waals surface area contributed by atoms with Gasteiger partial charge in [0.05, 0.1) is 16.9 Å². The number of amides is 2. The van der Waals surface area contributed by atoms with Crippen LogP contribution in [-0.2, 0) is 37.1 Å². The topological polar surface area (TPSA) is 212 Å². The van der Waals surface area contributed by atoms with Gasteiger partial charge in [0, 0.05) is 24.1 Å². The molecular weight excluding hydrogens is 464 g/mol. The summed E-state index contributed by atoms with van der Waals surface area (Å²) in [6, 6.07) is 3.91. The van der Waals surface area contributed by atoms with Gasteiger partial charge in [-0.05, 0) is 35.0 Å². The molecule has 15 heteroatoms. The van der Waals surface area contributed by atoms with Gasteiger partial charge in [-0.2, -0.15) is 0 Å². The van der Waals surface area contributed by atoms with Gasteiger partial charge in [-0.25, -0.2) is 9.48 Å². The number of nitrogens with one attached hydrogen (secondary N) is 3. The molecule has 1 saturated heterocycles. The van der Waals surface area contributed by atoms with E-state index in [1.807, 2.05) is 0 Å². The highest BCUT2D eigenvalue weighted by Gasteiger charge is 2.48. The van der Waals surface area contributed by atoms with Crippen molar-refractivity contribution in [2.45, 2.75) is 39.1 Å². The zero-order valence-electron chi connectivity index (χ0n) is 18.7. The molecule has 35 heavy (non-hydrogen) atoms. The fourth-order valence-electron chi connectivity index (χ4n) is 3.61. The summed E-state index contributed by atoms with van der Waals surface area (Å²) in [5.41, 5.74) is -0.584. The van der Waals surface area contributed by atoms with Crippen LogP contribution in [0.1, 0.15) is 19.4 Å². The molecule has 1 aliphatic heterocycles. The Kier molecular flexibility index (Phi) is 7.58. The van der Waals surface area contributed by atoms with E-state index in [1.54, 1.807) is 6.92 Å². The predicted molar refractivity (Wildman–Crippen MR) is 116 cm³/mol. The summed E-state index contributed by atoms with van der Waals surface area (Å²) in [5, 5.41) is 34.3. The summed E-state index contributed by atoms with van der Waals surface area (Å²) in [6.07, 6.45) is 1.26. The fourth-order valence-corrected chi connectivity index (χ4v) is 3.61. The number of non-ortho nitro benzene ring substituents is 1. The molecule has 2 aromatic rings. The van der Waals surface area contributed by atoms with Gasteiger partial charge >= 0.3 is 5.97 Å². The minimum atomic E-state index is -1.16. The molecule has 1 fully saturated rings. The van der Waals surface area contributed by atoms with Crippen molar-refractivity contribution in [3.63, 3.8) is 0 Å². The molecule has 3 N–H and O–H groups in total. The predicted octanol–water partition coefficient (Wildman–Crippen LogP) is -0.831. The molecule has 4 atom stereocenters. The molecule has 2 heterocycles. The van der Waals surface area contributed by atoms with E-state index in [4.69, 9.17) is 10.1 Å². The molecular formula is C20H22N8O7. The maximum Gasteiger partial charge on any atom is 0.360 e. The molecule has 1 aliphatic rings. The van der Waals surface area contributed by atoms with Crippen molar-refractivity contribution in [2.75, 3.05) is 0 Å². The number of carbonyl (C=O) groups is 4. The Balaban J connectivity index is 1.53. The van der Waals surface area contributed by atoms with Crippen molar-refractivity contribution in [2.24, 2.45) is 11.8 Å². The first-order chi connectivity index (χ1) is 16.6. The maximum absolute atomic E-state index is 12.7. The lowest BCUT2D eigenvalue weighted by Gasteiger charge is -2.43. The summed E-state index contributed by atoms with van der Waals surface area (Å²) in [4.78, 5) is 59.3. The van der Waals surface area contributed by atoms with Gasteiger partial charge in [-0.3, -0.25) is 29.9 Å². The Bertz CT molecular complexity index is 1150. The van der Waals surface area contributed by atoms with Crippen LogP contribution in [-0.4, -0.2) is 66.5 Å². The van der Waals surface area contributed by atoms with Crippen LogP contribution in [0.2, 0.25) is 0 Å². The van der Waals surface area contributed by atoms with E-state index in [9.17, 15) is 29.3 Å². The third-order valence-corrected chi connectivity index (χ3v) is 5.54. The number of hydrogen-bond donors (Lipinski definition) is 3. The molecule has 184 valence electrons. The Labute approximate surface area is 197 Å². The summed E-state index contributed by atoms with van der Waals surface area (Å²) >= 11 is 0. The Morgan fingerprint density at radius 1 is 1.29 bits per heavy atom. The molecule has 1 aromatic carbocycles. The molecule has 0 aliphatic carbocycles. The molecule has 1 aromatic heterocycles. The summed E-state index contributed by atoms with van der Waals surface area (Å²) in [7, 11) is 0. The second-order valence-electron chi connectivity index (χ2n) is 7.95. The molecule has 2 amide bonds. The normalized spacial score (nSPS) is 18.4. The fraction of sp³-hybridized carbons (Fsp3) is 0.400. The average molecular weight is 486 g/mol. The second-order valence-corrected chi connectivity index (χ2v) is 7.95. The first-order valence-electron chi connectivity index (χ1n) is 10.4. The first kappa shape index (κ1) is 25.1. The van der Waals surface area contributed by atoms with E-state index < -0.39 is 52.2 Å². The Morgan fingerprint density at radius 2 is 1.97 bits per heavy atom. The number of nitro groups is 1. The Hall–Kier alpha value is -4.56. The molecule has 2 unspecified atom stereocenters. The number of carbonyl (C=O) groups excluding carboxylic acids is 4. The largest absolute Gasteiger partial charge is 0.456 e. The average Bonchev–Trinajstić information content (AvgIpc) is 3.32. The van der Waals surface area contributed by atoms with Crippen molar-refractivity contribution in [3.8, 4) is 0 Å². The monoisotopic (exact) mass is 486 g/mol. The Morgan fingerprint density at radius 3 is 2.54 bits per heavy atom. The van der Waals surface area contributed by atoms with E-state index in [0.717, 1.165) is 0 Å². The van der Waals surface area contributed by atoms with Gasteiger partial charge in [-0.15, -0.1) is 5.10 Å². The van der Waals surface area contributed by atoms with Crippen LogP contribution in [0, 0.1) is 27.4 Å². The molecule has 15 nitrogen and oxygen atoms in total. The van der Waals surface area contributed by atoms with Crippen LogP contribution in [0.4, 0.5) is 5.69 Å². The van der Waals surface area contributed by atoms with E-state index in [2.05, 4.69) is 26.2 Å². The second kappa shape index (κ2) is 10.6. The van der Waals surface area contributed by atoms with Crippen LogP contribution >= 0.6 is 0 Å². The van der Waals surface area contributed by atoms with Crippen LogP contribution in [0.15, 0.2) is 30.6 Å². The van der Waals surface area contributed by atoms with Gasteiger partial charge in [0.1, 0.15) is 19.5 Å². The number of esters is 1. The van der Waals surface area contributed by atoms with Crippen LogP contribution in [0.5, 0.6) is 0 Å². The van der Waals surface area contributed by atoms with Crippen molar-refractivity contribution >= 4 is 35.0 Å². The van der Waals surface area contributed by atoms with Crippen molar-refractivity contribution in [1.82, 2.24) is 30.8 Å². The van der Waals surface area contributed by atoms with Gasteiger partial charge in [0.2, 0.25) is 11.8 Å². The molecule has 0 radical (unpaired) electrons. The van der Waals surface area contributed by atoms with Gasteiger partial charge < -0.3 is 15.4 Å². The molecule has 0 spiro atoms. The molecule has 0 saturated carbocycles. The summed E-state index contributed by atoms with van der Waals surface area (Å²) in [5.74, 6) is -4.50. The maximum atomic E-state index is 12.7. The number of ether oxygens (including phenoxy) is 1. The number of Topliss-reactive ketones (excluding diaryl/α,β-unsaturated/α-hetero) is 1. The summed E-state index contributed by atoms with van der Waals surface area (Å²) < 4.78 is 6.18. The number of benzene rings is 1. The highest BCUT2D eigenvalue weighted by atomic mass is 16.6. The van der Waals surface area contributed by atoms with Gasteiger partial charge in [0.15, 0.2) is 11.5 Å². The minimum absolute atomic E-state index is 0.130. The lowest BCUT2D eigenvalue weighted by Crippen LogP contribution is -2.68. The zero-order chi connectivity index (χ0) is 25.7. The van der Waals surface area contributed by atoms with Crippen molar-refractivity contribution in [1.29, 1.82) is 5.41 Å². The van der Waals surface area contributed by atoms with Gasteiger partial charge in [-0.1, -0.05) is 6.92 Å². The van der Waals surface area contributed by atoms with Crippen LogP contribution in [0.3, 0.4) is 0 Å². The third kappa shape index (κ3) is 5.87. The number of hydrogen-bond acceptors (Lipinski definition) is 11. The molecule has 3 rings (SSSR count). The van der Waals surface area contributed by atoms with E-state index >= 15 is 0 Å². The number of nitro benzene ring substituents is 1. The zero-order valence-corrected chi connectivity index (χ0v) is 18.7. The smallest absolute Gasteiger partial charge is 0.360 e. The SMILES string of the molecule is C[C@@H](NC(=O)Cn1cnnn1)C1C(=O)NC1[C@@H](C)C(=O)C(=N)C(=O)OCc1ccc([N+](=O)[O-])cc1. The quantitative estimate of drug-likeness (QED) is 0.0895. The lowest BCUT2D eigenvalue weighted by molar-refractivity contribution is -0.384. The first-order valence-corrected chi connectivity index (χ1v) is 10.4. The van der Waals surface area contributed by atoms with E-state index in [0.29, 0.717) is 5.56 Å². The molecule has 0 bridgehead atoms. The summed E-state index contributed by atoms with van der Waals surface area (Å²) in [6.45, 7) is 2.63. The number of tetrazole rings is 1. The van der Waals surface area contributed by atoms with Crippen molar-refractivity contribution in [3.05, 3.63) is 46.3 Å². The number of rotatable bonds is 11. The van der Waals surface area contributed by atoms with Crippen LogP contribution in [0.25, 0.3) is 0 Å². The van der Waals surface area contributed by atoms with Crippen molar-refractivity contribution < 1.29 is 28.8 Å². The lowest BCUT2D eigenvalue weighted by atomic mass is 9.75. The number of nitrogens with zero attached hydrogens (tertiary/aromatic N) is 5. The number of β-lactam (4-membered cyclic amide) rings is 1. The van der Waals surface area contributed by atoms with E-state index in [1.165, 1.54) is 42.2 Å². The highest BCUT2D eigenvalue weighted by Crippen LogP contribution is 2.26. The third-order valence-electron chi connectivity index (χ3n) is 5.54. The minimum Gasteiger partial charge on any atom is -0.456 e. The van der Waals surface area contributed by atoms with Crippen LogP contribution < -0.4 is 10.6 Å². The standard InChI is InChI=1S/C20H22N8O7/c1-10(17-15(19(31)24-17)11(2)23-14(29)7-27-9-22-25-26-27)18(30)16(21)20(32)35-8-12-3-5-13(6-4-12)28(33)34/h3-6,9-11,15,17,21H,7-8H2,1-2H3,(H,23,29)(H,24,31)/t10-,11-,15?,17?/m1/s1. The number of aromatic nitrogens is 4. The van der Waals surface area contributed by atoms with E-state index in [-0.39, 0.29) is 24.7 Å². The number of ketones is 1.